The molecule has 0 heterocycles. The van der Waals surface area contributed by atoms with Crippen molar-refractivity contribution >= 4 is 15.9 Å². The molecule has 2 nitrogen and oxygen atoms in total. The minimum absolute atomic E-state index is 0.362. The first-order chi connectivity index (χ1) is 8.11. The molecule has 2 atom stereocenters. The zero-order chi connectivity index (χ0) is 12.4. The number of fused-ring (bicyclic) bond motifs is 1. The van der Waals surface area contributed by atoms with Crippen LogP contribution in [0, 0.1) is 5.92 Å². The Morgan fingerprint density at radius 1 is 1.47 bits per heavy atom. The third-order valence-corrected chi connectivity index (χ3v) is 4.09. The Morgan fingerprint density at radius 2 is 2.24 bits per heavy atom. The van der Waals surface area contributed by atoms with Crippen LogP contribution >= 0.6 is 15.9 Å². The van der Waals surface area contributed by atoms with Gasteiger partial charge in [-0.3, -0.25) is 0 Å². The number of hydrogen-bond acceptors (Lipinski definition) is 2. The lowest BCUT2D eigenvalue weighted by molar-refractivity contribution is 0.149. The molecule has 1 N–H and O–H groups in total. The maximum absolute atomic E-state index is 10.3. The van der Waals surface area contributed by atoms with Gasteiger partial charge in [-0.05, 0) is 55.4 Å². The molecule has 0 amide bonds. The van der Waals surface area contributed by atoms with Crippen LogP contribution in [-0.2, 0) is 6.42 Å². The molecular weight excluding hydrogens is 280 g/mol. The molecule has 0 saturated carbocycles. The molecule has 2 unspecified atom stereocenters. The standard InChI is InChI=1S/C14H19BrO2/c1-3-17-10-7-12-11(13(15)8-10)5-4-9(2)6-14(12)16/h7-9,14,16H,3-6H2,1-2H3. The number of benzene rings is 1. The highest BCUT2D eigenvalue weighted by Gasteiger charge is 2.23. The second-order valence-corrected chi connectivity index (χ2v) is 5.66. The third-order valence-electron chi connectivity index (χ3n) is 3.39. The molecule has 0 aromatic heterocycles. The lowest BCUT2D eigenvalue weighted by Crippen LogP contribution is -2.03. The predicted molar refractivity (Wildman–Crippen MR) is 72.4 cm³/mol. The molecule has 0 saturated heterocycles. The first-order valence-electron chi connectivity index (χ1n) is 6.25. The Labute approximate surface area is 111 Å². The van der Waals surface area contributed by atoms with Crippen molar-refractivity contribution in [2.45, 2.75) is 39.2 Å². The van der Waals surface area contributed by atoms with E-state index in [1.54, 1.807) is 0 Å². The van der Waals surface area contributed by atoms with E-state index in [4.69, 9.17) is 4.74 Å². The van der Waals surface area contributed by atoms with Gasteiger partial charge in [0.2, 0.25) is 0 Å². The fourth-order valence-electron chi connectivity index (χ4n) is 2.46. The van der Waals surface area contributed by atoms with Gasteiger partial charge in [0.15, 0.2) is 0 Å². The van der Waals surface area contributed by atoms with Crippen molar-refractivity contribution in [1.82, 2.24) is 0 Å². The van der Waals surface area contributed by atoms with Crippen LogP contribution < -0.4 is 4.74 Å². The molecule has 1 aliphatic carbocycles. The number of hydrogen-bond donors (Lipinski definition) is 1. The van der Waals surface area contributed by atoms with Crippen LogP contribution in [-0.4, -0.2) is 11.7 Å². The van der Waals surface area contributed by atoms with Crippen LogP contribution in [0.3, 0.4) is 0 Å². The predicted octanol–water partition coefficient (Wildman–Crippen LogP) is 3.85. The number of rotatable bonds is 2. The van der Waals surface area contributed by atoms with Crippen LogP contribution in [0.5, 0.6) is 5.75 Å². The number of aliphatic hydroxyl groups is 1. The molecule has 0 spiro atoms. The van der Waals surface area contributed by atoms with Crippen LogP contribution in [0.4, 0.5) is 0 Å². The first kappa shape index (κ1) is 12.9. The third kappa shape index (κ3) is 2.83. The van der Waals surface area contributed by atoms with E-state index in [0.717, 1.165) is 35.0 Å². The minimum Gasteiger partial charge on any atom is -0.494 e. The summed E-state index contributed by atoms with van der Waals surface area (Å²) in [6.45, 7) is 4.82. The Morgan fingerprint density at radius 3 is 2.94 bits per heavy atom. The molecule has 94 valence electrons. The summed E-state index contributed by atoms with van der Waals surface area (Å²) in [5.74, 6) is 1.41. The zero-order valence-electron chi connectivity index (χ0n) is 10.4. The normalized spacial score (nSPS) is 24.0. The molecule has 17 heavy (non-hydrogen) atoms. The van der Waals surface area contributed by atoms with Gasteiger partial charge in [0.05, 0.1) is 12.7 Å². The van der Waals surface area contributed by atoms with Crippen molar-refractivity contribution in [2.24, 2.45) is 5.92 Å². The highest BCUT2D eigenvalue weighted by molar-refractivity contribution is 9.10. The Kier molecular flexibility index (Phi) is 4.10. The molecule has 2 rings (SSSR count). The fourth-order valence-corrected chi connectivity index (χ4v) is 3.11. The number of aliphatic hydroxyl groups excluding tert-OH is 1. The fraction of sp³-hybridized carbons (Fsp3) is 0.571. The Bertz CT molecular complexity index is 403. The molecule has 0 aliphatic heterocycles. The molecule has 1 aromatic carbocycles. The molecule has 1 aliphatic rings. The lowest BCUT2D eigenvalue weighted by atomic mass is 9.99. The zero-order valence-corrected chi connectivity index (χ0v) is 12.0. The topological polar surface area (TPSA) is 29.5 Å². The minimum atomic E-state index is -0.362. The van der Waals surface area contributed by atoms with E-state index in [9.17, 15) is 5.11 Å². The lowest BCUT2D eigenvalue weighted by Gasteiger charge is -2.16. The highest BCUT2D eigenvalue weighted by Crippen LogP contribution is 2.38. The summed E-state index contributed by atoms with van der Waals surface area (Å²) >= 11 is 3.59. The Balaban J connectivity index is 2.41. The van der Waals surface area contributed by atoms with E-state index >= 15 is 0 Å². The van der Waals surface area contributed by atoms with Crippen molar-refractivity contribution in [3.63, 3.8) is 0 Å². The summed E-state index contributed by atoms with van der Waals surface area (Å²) < 4.78 is 6.59. The number of halogens is 1. The van der Waals surface area contributed by atoms with Gasteiger partial charge in [-0.1, -0.05) is 22.9 Å². The van der Waals surface area contributed by atoms with Crippen LogP contribution in [0.2, 0.25) is 0 Å². The summed E-state index contributed by atoms with van der Waals surface area (Å²) in [6, 6.07) is 4.00. The van der Waals surface area contributed by atoms with Gasteiger partial charge in [-0.2, -0.15) is 0 Å². The molecule has 0 bridgehead atoms. The largest absolute Gasteiger partial charge is 0.494 e. The second kappa shape index (κ2) is 5.40. The van der Waals surface area contributed by atoms with Gasteiger partial charge in [0.1, 0.15) is 5.75 Å². The Hall–Kier alpha value is -0.540. The van der Waals surface area contributed by atoms with Gasteiger partial charge in [-0.25, -0.2) is 0 Å². The summed E-state index contributed by atoms with van der Waals surface area (Å²) in [4.78, 5) is 0. The van der Waals surface area contributed by atoms with E-state index in [-0.39, 0.29) is 6.10 Å². The van der Waals surface area contributed by atoms with Crippen LogP contribution in [0.1, 0.15) is 43.9 Å². The molecular formula is C14H19BrO2. The summed E-state index contributed by atoms with van der Waals surface area (Å²) in [5.41, 5.74) is 2.28. The molecule has 1 aromatic rings. The van der Waals surface area contributed by atoms with E-state index < -0.39 is 0 Å². The molecule has 0 radical (unpaired) electrons. The van der Waals surface area contributed by atoms with Crippen molar-refractivity contribution in [3.05, 3.63) is 27.7 Å². The van der Waals surface area contributed by atoms with E-state index in [2.05, 4.69) is 22.9 Å². The highest BCUT2D eigenvalue weighted by atomic mass is 79.9. The van der Waals surface area contributed by atoms with Gasteiger partial charge in [0.25, 0.3) is 0 Å². The monoisotopic (exact) mass is 298 g/mol. The maximum atomic E-state index is 10.3. The van der Waals surface area contributed by atoms with Gasteiger partial charge in [-0.15, -0.1) is 0 Å². The van der Waals surface area contributed by atoms with E-state index in [1.165, 1.54) is 5.56 Å². The van der Waals surface area contributed by atoms with Crippen LogP contribution in [0.25, 0.3) is 0 Å². The smallest absolute Gasteiger partial charge is 0.120 e. The SMILES string of the molecule is CCOc1cc(Br)c2c(c1)C(O)CC(C)CC2. The van der Waals surface area contributed by atoms with Crippen molar-refractivity contribution < 1.29 is 9.84 Å². The first-order valence-corrected chi connectivity index (χ1v) is 7.04. The molecule has 0 fully saturated rings. The summed E-state index contributed by atoms with van der Waals surface area (Å²) in [5, 5.41) is 10.3. The second-order valence-electron chi connectivity index (χ2n) is 4.80. The van der Waals surface area contributed by atoms with E-state index in [0.29, 0.717) is 12.5 Å². The van der Waals surface area contributed by atoms with Gasteiger partial charge >= 0.3 is 0 Å². The van der Waals surface area contributed by atoms with Gasteiger partial charge < -0.3 is 9.84 Å². The van der Waals surface area contributed by atoms with Crippen molar-refractivity contribution in [2.75, 3.05) is 6.61 Å². The van der Waals surface area contributed by atoms with Crippen molar-refractivity contribution in [1.29, 1.82) is 0 Å². The molecule has 3 heteroatoms. The average Bonchev–Trinajstić information content (AvgIpc) is 2.40. The maximum Gasteiger partial charge on any atom is 0.120 e. The summed E-state index contributed by atoms with van der Waals surface area (Å²) in [6.07, 6.45) is 2.64. The average molecular weight is 299 g/mol. The van der Waals surface area contributed by atoms with Gasteiger partial charge in [0, 0.05) is 4.47 Å². The van der Waals surface area contributed by atoms with Crippen LogP contribution in [0.15, 0.2) is 16.6 Å². The quantitative estimate of drug-likeness (QED) is 0.840. The van der Waals surface area contributed by atoms with E-state index in [1.807, 2.05) is 19.1 Å². The number of ether oxygens (including phenoxy) is 1. The summed E-state index contributed by atoms with van der Waals surface area (Å²) in [7, 11) is 0. The van der Waals surface area contributed by atoms with Crippen molar-refractivity contribution in [3.8, 4) is 5.75 Å².